The molecule has 0 atom stereocenters. The largest absolute Gasteiger partial charge is 0.496 e. The second-order valence-corrected chi connectivity index (χ2v) is 5.69. The topological polar surface area (TPSA) is 65.5 Å². The molecular formula is C16H12N4O2S. The van der Waals surface area contributed by atoms with Crippen molar-refractivity contribution in [3.8, 4) is 17.1 Å². The van der Waals surface area contributed by atoms with Crippen molar-refractivity contribution in [1.29, 1.82) is 0 Å². The SMILES string of the molecule is COc1ccccc1-c1nnc2sc(/C=C\c3ccco3)nn12. The van der Waals surface area contributed by atoms with E-state index in [0.29, 0.717) is 5.82 Å². The molecule has 0 aliphatic rings. The van der Waals surface area contributed by atoms with Crippen molar-refractivity contribution in [3.05, 3.63) is 53.4 Å². The summed E-state index contributed by atoms with van der Waals surface area (Å²) in [5, 5.41) is 13.8. The number of furan rings is 1. The van der Waals surface area contributed by atoms with Gasteiger partial charge in [-0.25, -0.2) is 0 Å². The molecule has 0 spiro atoms. The number of aromatic nitrogens is 4. The summed E-state index contributed by atoms with van der Waals surface area (Å²) < 4.78 is 12.4. The summed E-state index contributed by atoms with van der Waals surface area (Å²) in [7, 11) is 1.63. The highest BCUT2D eigenvalue weighted by atomic mass is 32.1. The van der Waals surface area contributed by atoms with Gasteiger partial charge in [0.1, 0.15) is 16.5 Å². The molecule has 0 unspecified atom stereocenters. The fourth-order valence-electron chi connectivity index (χ4n) is 2.24. The smallest absolute Gasteiger partial charge is 0.235 e. The van der Waals surface area contributed by atoms with E-state index in [1.165, 1.54) is 11.3 Å². The summed E-state index contributed by atoms with van der Waals surface area (Å²) in [5.41, 5.74) is 0.856. The molecule has 0 aliphatic carbocycles. The van der Waals surface area contributed by atoms with Gasteiger partial charge in [0.05, 0.1) is 18.9 Å². The van der Waals surface area contributed by atoms with E-state index in [1.807, 2.05) is 48.6 Å². The van der Waals surface area contributed by atoms with Crippen LogP contribution in [0.3, 0.4) is 0 Å². The lowest BCUT2D eigenvalue weighted by atomic mass is 10.2. The Morgan fingerprint density at radius 2 is 2.04 bits per heavy atom. The van der Waals surface area contributed by atoms with Gasteiger partial charge in [0, 0.05) is 0 Å². The van der Waals surface area contributed by atoms with Gasteiger partial charge in [0.2, 0.25) is 4.96 Å². The van der Waals surface area contributed by atoms with E-state index < -0.39 is 0 Å². The van der Waals surface area contributed by atoms with Gasteiger partial charge in [0.25, 0.3) is 0 Å². The lowest BCUT2D eigenvalue weighted by Gasteiger charge is -2.04. The molecule has 1 aromatic carbocycles. The monoisotopic (exact) mass is 324 g/mol. The molecule has 0 radical (unpaired) electrons. The van der Waals surface area contributed by atoms with E-state index in [0.717, 1.165) is 27.0 Å². The summed E-state index contributed by atoms with van der Waals surface area (Å²) >= 11 is 1.46. The van der Waals surface area contributed by atoms with Gasteiger partial charge in [-0.05, 0) is 36.4 Å². The van der Waals surface area contributed by atoms with Crippen LogP contribution in [0, 0.1) is 0 Å². The molecule has 7 heteroatoms. The van der Waals surface area contributed by atoms with Crippen molar-refractivity contribution in [2.75, 3.05) is 7.11 Å². The Bertz CT molecular complexity index is 969. The summed E-state index contributed by atoms with van der Waals surface area (Å²) in [6.07, 6.45) is 5.40. The molecule has 114 valence electrons. The predicted molar refractivity (Wildman–Crippen MR) is 88.3 cm³/mol. The standard InChI is InChI=1S/C16H12N4O2S/c1-21-13-7-3-2-6-12(13)15-17-18-16-20(15)19-14(23-16)9-8-11-5-4-10-22-11/h2-10H,1H3/b9-8-. The Hall–Kier alpha value is -2.93. The number of ether oxygens (including phenoxy) is 1. The summed E-state index contributed by atoms with van der Waals surface area (Å²) in [5.74, 6) is 2.18. The molecule has 3 heterocycles. The van der Waals surface area contributed by atoms with Gasteiger partial charge in [0.15, 0.2) is 5.82 Å². The first-order valence-corrected chi connectivity index (χ1v) is 7.74. The van der Waals surface area contributed by atoms with E-state index in [4.69, 9.17) is 9.15 Å². The zero-order chi connectivity index (χ0) is 15.6. The number of fused-ring (bicyclic) bond motifs is 1. The van der Waals surface area contributed by atoms with Gasteiger partial charge in [-0.15, -0.1) is 10.2 Å². The number of benzene rings is 1. The first-order valence-electron chi connectivity index (χ1n) is 6.92. The highest BCUT2D eigenvalue weighted by Gasteiger charge is 2.15. The van der Waals surface area contributed by atoms with Crippen LogP contribution in [-0.4, -0.2) is 26.9 Å². The average Bonchev–Trinajstić information content (AvgIpc) is 3.29. The molecule has 3 aromatic heterocycles. The van der Waals surface area contributed by atoms with Crippen LogP contribution in [0.2, 0.25) is 0 Å². The molecule has 23 heavy (non-hydrogen) atoms. The maximum absolute atomic E-state index is 5.39. The van der Waals surface area contributed by atoms with Crippen LogP contribution in [-0.2, 0) is 0 Å². The maximum Gasteiger partial charge on any atom is 0.235 e. The normalized spacial score (nSPS) is 11.5. The highest BCUT2D eigenvalue weighted by Crippen LogP contribution is 2.29. The number of methoxy groups -OCH3 is 1. The Kier molecular flexibility index (Phi) is 3.39. The lowest BCUT2D eigenvalue weighted by molar-refractivity contribution is 0.416. The number of rotatable bonds is 4. The van der Waals surface area contributed by atoms with Gasteiger partial charge in [-0.1, -0.05) is 23.5 Å². The molecule has 6 nitrogen and oxygen atoms in total. The van der Waals surface area contributed by atoms with Crippen LogP contribution in [0.1, 0.15) is 10.8 Å². The molecule has 4 rings (SSSR count). The van der Waals surface area contributed by atoms with Gasteiger partial charge in [-0.3, -0.25) is 0 Å². The maximum atomic E-state index is 5.39. The van der Waals surface area contributed by atoms with E-state index in [1.54, 1.807) is 17.9 Å². The Morgan fingerprint density at radius 3 is 2.87 bits per heavy atom. The Labute approximate surface area is 135 Å². The number of para-hydroxylation sites is 1. The van der Waals surface area contributed by atoms with Crippen molar-refractivity contribution in [3.63, 3.8) is 0 Å². The lowest BCUT2D eigenvalue weighted by Crippen LogP contribution is -1.94. The molecule has 0 bridgehead atoms. The van der Waals surface area contributed by atoms with Crippen LogP contribution in [0.25, 0.3) is 28.5 Å². The quantitative estimate of drug-likeness (QED) is 0.573. The molecule has 4 aromatic rings. The highest BCUT2D eigenvalue weighted by molar-refractivity contribution is 7.17. The first kappa shape index (κ1) is 13.7. The first-order chi connectivity index (χ1) is 11.3. The number of nitrogens with zero attached hydrogens (tertiary/aromatic N) is 4. The summed E-state index contributed by atoms with van der Waals surface area (Å²) in [6.45, 7) is 0. The number of hydrogen-bond donors (Lipinski definition) is 0. The summed E-state index contributed by atoms with van der Waals surface area (Å²) in [4.78, 5) is 0.727. The van der Waals surface area contributed by atoms with E-state index in [9.17, 15) is 0 Å². The Balaban J connectivity index is 1.75. The van der Waals surface area contributed by atoms with Crippen LogP contribution >= 0.6 is 11.3 Å². The van der Waals surface area contributed by atoms with Gasteiger partial charge in [-0.2, -0.15) is 9.61 Å². The average molecular weight is 324 g/mol. The minimum Gasteiger partial charge on any atom is -0.496 e. The van der Waals surface area contributed by atoms with Crippen molar-refractivity contribution in [2.45, 2.75) is 0 Å². The van der Waals surface area contributed by atoms with E-state index in [2.05, 4.69) is 15.3 Å². The van der Waals surface area contributed by atoms with Gasteiger partial charge >= 0.3 is 0 Å². The number of hydrogen-bond acceptors (Lipinski definition) is 6. The third-order valence-electron chi connectivity index (χ3n) is 3.29. The van der Waals surface area contributed by atoms with Crippen molar-refractivity contribution >= 4 is 28.4 Å². The van der Waals surface area contributed by atoms with Crippen LogP contribution in [0.5, 0.6) is 5.75 Å². The minimum atomic E-state index is 0.659. The van der Waals surface area contributed by atoms with Crippen LogP contribution < -0.4 is 4.74 Å². The van der Waals surface area contributed by atoms with Gasteiger partial charge < -0.3 is 9.15 Å². The molecule has 0 aliphatic heterocycles. The van der Waals surface area contributed by atoms with Crippen molar-refractivity contribution < 1.29 is 9.15 Å². The van der Waals surface area contributed by atoms with Crippen molar-refractivity contribution in [2.24, 2.45) is 0 Å². The third-order valence-corrected chi connectivity index (χ3v) is 4.15. The molecule has 0 N–H and O–H groups in total. The second kappa shape index (κ2) is 5.69. The predicted octanol–water partition coefficient (Wildman–Crippen LogP) is 3.62. The van der Waals surface area contributed by atoms with Crippen LogP contribution in [0.15, 0.2) is 47.1 Å². The molecule has 0 amide bonds. The fourth-order valence-corrected chi connectivity index (χ4v) is 2.98. The second-order valence-electron chi connectivity index (χ2n) is 4.71. The minimum absolute atomic E-state index is 0.659. The van der Waals surface area contributed by atoms with E-state index in [-0.39, 0.29) is 0 Å². The third kappa shape index (κ3) is 2.51. The zero-order valence-electron chi connectivity index (χ0n) is 12.2. The Morgan fingerprint density at radius 1 is 1.13 bits per heavy atom. The van der Waals surface area contributed by atoms with Crippen LogP contribution in [0.4, 0.5) is 0 Å². The molecule has 0 saturated carbocycles. The zero-order valence-corrected chi connectivity index (χ0v) is 13.0. The van der Waals surface area contributed by atoms with Crippen molar-refractivity contribution in [1.82, 2.24) is 19.8 Å². The summed E-state index contributed by atoms with van der Waals surface area (Å²) in [6, 6.07) is 11.4. The van der Waals surface area contributed by atoms with E-state index >= 15 is 0 Å². The molecule has 0 fully saturated rings. The fraction of sp³-hybridized carbons (Fsp3) is 0.0625. The molecule has 0 saturated heterocycles. The molecular weight excluding hydrogens is 312 g/mol.